The molecule has 0 radical (unpaired) electrons. The minimum atomic E-state index is -3.74. The predicted molar refractivity (Wildman–Crippen MR) is 73.4 cm³/mol. The van der Waals surface area contributed by atoms with E-state index in [1.54, 1.807) is 12.3 Å². The molecule has 0 saturated carbocycles. The van der Waals surface area contributed by atoms with Gasteiger partial charge in [-0.1, -0.05) is 18.2 Å². The number of primary sulfonamides is 1. The van der Waals surface area contributed by atoms with Gasteiger partial charge in [-0.05, 0) is 6.07 Å². The molecule has 1 saturated heterocycles. The molecule has 2 N–H and O–H groups in total. The van der Waals surface area contributed by atoms with E-state index >= 15 is 0 Å². The van der Waals surface area contributed by atoms with E-state index in [0.717, 1.165) is 5.39 Å². The maximum absolute atomic E-state index is 11.9. The van der Waals surface area contributed by atoms with Crippen LogP contribution in [0.5, 0.6) is 0 Å². The number of amides is 1. The molecule has 1 atom stereocenters. The molecule has 2 aromatic rings. The third kappa shape index (κ3) is 2.23. The highest BCUT2D eigenvalue weighted by Crippen LogP contribution is 2.22. The smallest absolute Gasteiger partial charge is 0.232 e. The van der Waals surface area contributed by atoms with Gasteiger partial charge < -0.3 is 0 Å². The number of nitrogens with two attached hydrogens (primary N) is 1. The average Bonchev–Trinajstić information content (AvgIpc) is 2.80. The first-order valence-corrected chi connectivity index (χ1v) is 7.60. The molecule has 1 amide bonds. The van der Waals surface area contributed by atoms with Gasteiger partial charge in [0.25, 0.3) is 0 Å². The number of aromatic nitrogens is 2. The lowest BCUT2D eigenvalue weighted by Gasteiger charge is -2.14. The molecule has 7 nitrogen and oxygen atoms in total. The first-order valence-electron chi connectivity index (χ1n) is 5.99. The number of carbonyl (C=O) groups excluding carboxylic acids is 1. The van der Waals surface area contributed by atoms with Crippen molar-refractivity contribution in [2.75, 3.05) is 11.4 Å². The van der Waals surface area contributed by atoms with Gasteiger partial charge in [0.2, 0.25) is 21.9 Å². The van der Waals surface area contributed by atoms with Crippen LogP contribution in [0.15, 0.2) is 30.5 Å². The van der Waals surface area contributed by atoms with Crippen molar-refractivity contribution < 1.29 is 13.2 Å². The molecule has 104 valence electrons. The van der Waals surface area contributed by atoms with Gasteiger partial charge in [-0.2, -0.15) is 0 Å². The average molecular weight is 292 g/mol. The van der Waals surface area contributed by atoms with Gasteiger partial charge >= 0.3 is 0 Å². The number of carbonyl (C=O) groups is 1. The molecule has 1 aromatic heterocycles. The van der Waals surface area contributed by atoms with E-state index in [9.17, 15) is 13.2 Å². The summed E-state index contributed by atoms with van der Waals surface area (Å²) in [6.45, 7) is -0.00396. The molecule has 1 aliphatic heterocycles. The van der Waals surface area contributed by atoms with E-state index < -0.39 is 15.3 Å². The summed E-state index contributed by atoms with van der Waals surface area (Å²) in [5.74, 6) is -0.126. The van der Waals surface area contributed by atoms with Crippen LogP contribution < -0.4 is 10.0 Å². The second-order valence-corrected chi connectivity index (χ2v) is 6.49. The molecule has 0 bridgehead atoms. The second-order valence-electron chi connectivity index (χ2n) is 4.65. The van der Waals surface area contributed by atoms with Crippen molar-refractivity contribution in [3.63, 3.8) is 0 Å². The summed E-state index contributed by atoms with van der Waals surface area (Å²) in [4.78, 5) is 21.6. The Morgan fingerprint density at radius 3 is 2.75 bits per heavy atom. The van der Waals surface area contributed by atoms with Gasteiger partial charge in [-0.15, -0.1) is 0 Å². The van der Waals surface area contributed by atoms with Crippen molar-refractivity contribution in [1.29, 1.82) is 0 Å². The SMILES string of the molecule is NS(=O)(=O)C1CC(=O)N(c2ncc3ccccc3n2)C1. The van der Waals surface area contributed by atoms with Crippen LogP contribution in [0, 0.1) is 0 Å². The summed E-state index contributed by atoms with van der Waals surface area (Å²) in [7, 11) is -3.74. The summed E-state index contributed by atoms with van der Waals surface area (Å²) in [6.07, 6.45) is 1.48. The van der Waals surface area contributed by atoms with Crippen LogP contribution in [-0.4, -0.2) is 36.1 Å². The summed E-state index contributed by atoms with van der Waals surface area (Å²) in [5, 5.41) is 5.04. The maximum Gasteiger partial charge on any atom is 0.232 e. The summed E-state index contributed by atoms with van der Waals surface area (Å²) < 4.78 is 22.7. The van der Waals surface area contributed by atoms with Crippen LogP contribution in [0.1, 0.15) is 6.42 Å². The minimum Gasteiger partial charge on any atom is -0.279 e. The van der Waals surface area contributed by atoms with Crippen LogP contribution >= 0.6 is 0 Å². The third-order valence-corrected chi connectivity index (χ3v) is 4.52. The Kier molecular flexibility index (Phi) is 2.91. The van der Waals surface area contributed by atoms with Crippen LogP contribution in [0.2, 0.25) is 0 Å². The zero-order valence-corrected chi connectivity index (χ0v) is 11.2. The monoisotopic (exact) mass is 292 g/mol. The molecule has 0 spiro atoms. The fourth-order valence-electron chi connectivity index (χ4n) is 2.18. The Labute approximate surface area is 115 Å². The van der Waals surface area contributed by atoms with Gasteiger partial charge in [0, 0.05) is 24.5 Å². The number of hydrogen-bond donors (Lipinski definition) is 1. The molecule has 1 aromatic carbocycles. The number of fused-ring (bicyclic) bond motifs is 1. The third-order valence-electron chi connectivity index (χ3n) is 3.27. The van der Waals surface area contributed by atoms with Crippen molar-refractivity contribution >= 4 is 32.8 Å². The molecule has 2 heterocycles. The number of benzene rings is 1. The van der Waals surface area contributed by atoms with Gasteiger partial charge in [0.05, 0.1) is 5.52 Å². The Morgan fingerprint density at radius 1 is 1.30 bits per heavy atom. The fraction of sp³-hybridized carbons (Fsp3) is 0.250. The standard InChI is InChI=1S/C12H12N4O3S/c13-20(18,19)9-5-11(17)16(7-9)12-14-6-8-3-1-2-4-10(8)15-12/h1-4,6,9H,5,7H2,(H2,13,18,19). The quantitative estimate of drug-likeness (QED) is 0.840. The molecule has 8 heteroatoms. The lowest BCUT2D eigenvalue weighted by Crippen LogP contribution is -2.32. The Morgan fingerprint density at radius 2 is 2.05 bits per heavy atom. The first kappa shape index (κ1) is 12.9. The number of hydrogen-bond acceptors (Lipinski definition) is 5. The summed E-state index contributed by atoms with van der Waals surface area (Å²) in [5.41, 5.74) is 0.698. The topological polar surface area (TPSA) is 106 Å². The fourth-order valence-corrected chi connectivity index (χ4v) is 2.91. The molecule has 1 aliphatic rings. The Bertz CT molecular complexity index is 790. The molecule has 20 heavy (non-hydrogen) atoms. The van der Waals surface area contributed by atoms with E-state index in [-0.39, 0.29) is 24.8 Å². The highest BCUT2D eigenvalue weighted by atomic mass is 32.2. The van der Waals surface area contributed by atoms with E-state index in [0.29, 0.717) is 5.52 Å². The molecule has 1 fully saturated rings. The number of nitrogens with zero attached hydrogens (tertiary/aromatic N) is 3. The molecular weight excluding hydrogens is 280 g/mol. The van der Waals surface area contributed by atoms with Gasteiger partial charge in [0.1, 0.15) is 5.25 Å². The lowest BCUT2D eigenvalue weighted by atomic mass is 10.2. The normalized spacial score (nSPS) is 19.8. The van der Waals surface area contributed by atoms with Crippen LogP contribution in [0.25, 0.3) is 10.9 Å². The van der Waals surface area contributed by atoms with Gasteiger partial charge in [-0.25, -0.2) is 23.5 Å². The van der Waals surface area contributed by atoms with Crippen molar-refractivity contribution in [2.24, 2.45) is 5.14 Å². The molecule has 3 rings (SSSR count). The van der Waals surface area contributed by atoms with Crippen molar-refractivity contribution in [1.82, 2.24) is 9.97 Å². The van der Waals surface area contributed by atoms with E-state index in [2.05, 4.69) is 9.97 Å². The maximum atomic E-state index is 11.9. The van der Waals surface area contributed by atoms with Crippen LogP contribution in [-0.2, 0) is 14.8 Å². The van der Waals surface area contributed by atoms with E-state index in [1.165, 1.54) is 4.90 Å². The van der Waals surface area contributed by atoms with Gasteiger partial charge in [-0.3, -0.25) is 9.69 Å². The molecular formula is C12H12N4O3S. The van der Waals surface area contributed by atoms with Crippen molar-refractivity contribution in [2.45, 2.75) is 11.7 Å². The van der Waals surface area contributed by atoms with Crippen molar-refractivity contribution in [3.8, 4) is 0 Å². The lowest BCUT2D eigenvalue weighted by molar-refractivity contribution is -0.117. The highest BCUT2D eigenvalue weighted by molar-refractivity contribution is 7.89. The minimum absolute atomic E-state index is 0.00396. The first-order chi connectivity index (χ1) is 9.45. The number of para-hydroxylation sites is 1. The largest absolute Gasteiger partial charge is 0.279 e. The summed E-state index contributed by atoms with van der Waals surface area (Å²) in [6, 6.07) is 7.36. The predicted octanol–water partition coefficient (Wildman–Crippen LogP) is 0.0236. The molecule has 0 aliphatic carbocycles. The van der Waals surface area contributed by atoms with Gasteiger partial charge in [0.15, 0.2) is 0 Å². The van der Waals surface area contributed by atoms with Crippen LogP contribution in [0.4, 0.5) is 5.95 Å². The Hall–Kier alpha value is -2.06. The zero-order chi connectivity index (χ0) is 14.3. The molecule has 1 unspecified atom stereocenters. The Balaban J connectivity index is 1.97. The second kappa shape index (κ2) is 4.50. The number of sulfonamides is 1. The van der Waals surface area contributed by atoms with E-state index in [4.69, 9.17) is 5.14 Å². The van der Waals surface area contributed by atoms with Crippen LogP contribution in [0.3, 0.4) is 0 Å². The summed E-state index contributed by atoms with van der Waals surface area (Å²) >= 11 is 0. The number of anilines is 1. The zero-order valence-electron chi connectivity index (χ0n) is 10.4. The van der Waals surface area contributed by atoms with Crippen molar-refractivity contribution in [3.05, 3.63) is 30.5 Å². The number of rotatable bonds is 2. The highest BCUT2D eigenvalue weighted by Gasteiger charge is 2.38. The van der Waals surface area contributed by atoms with E-state index in [1.807, 2.05) is 18.2 Å².